The Kier molecular flexibility index (Phi) is 5.25. The van der Waals surface area contributed by atoms with E-state index in [4.69, 9.17) is 4.98 Å². The van der Waals surface area contributed by atoms with Gasteiger partial charge in [-0.3, -0.25) is 4.79 Å². The van der Waals surface area contributed by atoms with Crippen molar-refractivity contribution in [3.63, 3.8) is 0 Å². The van der Waals surface area contributed by atoms with Crippen LogP contribution in [0, 0.1) is 20.8 Å². The summed E-state index contributed by atoms with van der Waals surface area (Å²) >= 11 is 0. The summed E-state index contributed by atoms with van der Waals surface area (Å²) in [5.41, 5.74) is 7.55. The zero-order valence-electron chi connectivity index (χ0n) is 18.9. The standard InChI is InChI=1S/C27H28N4O/c1-17-8-11-21(12-9-17)31-19(3)24(16-28-31)26-15-23(27(32)29-20-6-4-5-7-20)22-14-18(2)10-13-25(22)30-26/h8-16,20H,4-7H2,1-3H3,(H,29,32). The third kappa shape index (κ3) is 3.79. The number of carbonyl (C=O) groups is 1. The van der Waals surface area contributed by atoms with E-state index in [1.807, 2.05) is 42.9 Å². The molecule has 5 heteroatoms. The molecule has 32 heavy (non-hydrogen) atoms. The maximum Gasteiger partial charge on any atom is 0.252 e. The molecule has 1 fully saturated rings. The number of aryl methyl sites for hydroxylation is 2. The summed E-state index contributed by atoms with van der Waals surface area (Å²) < 4.78 is 1.92. The quantitative estimate of drug-likeness (QED) is 0.458. The molecule has 0 spiro atoms. The van der Waals surface area contributed by atoms with Gasteiger partial charge in [0.15, 0.2) is 0 Å². The van der Waals surface area contributed by atoms with Crippen molar-refractivity contribution >= 4 is 16.8 Å². The fourth-order valence-corrected chi connectivity index (χ4v) is 4.61. The van der Waals surface area contributed by atoms with Crippen molar-refractivity contribution in [1.82, 2.24) is 20.1 Å². The van der Waals surface area contributed by atoms with Crippen LogP contribution < -0.4 is 5.32 Å². The van der Waals surface area contributed by atoms with Gasteiger partial charge < -0.3 is 5.32 Å². The minimum Gasteiger partial charge on any atom is -0.349 e. The van der Waals surface area contributed by atoms with E-state index < -0.39 is 0 Å². The molecule has 0 atom stereocenters. The van der Waals surface area contributed by atoms with Crippen LogP contribution >= 0.6 is 0 Å². The van der Waals surface area contributed by atoms with Gasteiger partial charge in [-0.05, 0) is 63.9 Å². The molecule has 1 saturated carbocycles. The van der Waals surface area contributed by atoms with Crippen LogP contribution in [0.3, 0.4) is 0 Å². The Morgan fingerprint density at radius 1 is 0.969 bits per heavy atom. The number of rotatable bonds is 4. The number of benzene rings is 2. The van der Waals surface area contributed by atoms with E-state index in [-0.39, 0.29) is 11.9 Å². The lowest BCUT2D eigenvalue weighted by atomic mass is 10.0. The third-order valence-electron chi connectivity index (χ3n) is 6.46. The van der Waals surface area contributed by atoms with Gasteiger partial charge in [-0.2, -0.15) is 5.10 Å². The summed E-state index contributed by atoms with van der Waals surface area (Å²) in [6.07, 6.45) is 6.33. The Bertz CT molecular complexity index is 1300. The summed E-state index contributed by atoms with van der Waals surface area (Å²) in [6.45, 7) is 6.16. The smallest absolute Gasteiger partial charge is 0.252 e. The van der Waals surface area contributed by atoms with E-state index in [1.54, 1.807) is 0 Å². The van der Waals surface area contributed by atoms with Crippen molar-refractivity contribution in [3.05, 3.63) is 77.1 Å². The Morgan fingerprint density at radius 2 is 1.69 bits per heavy atom. The Morgan fingerprint density at radius 3 is 2.44 bits per heavy atom. The molecule has 0 unspecified atom stereocenters. The van der Waals surface area contributed by atoms with Gasteiger partial charge in [0.2, 0.25) is 0 Å². The number of hydrogen-bond acceptors (Lipinski definition) is 3. The topological polar surface area (TPSA) is 59.8 Å². The second-order valence-electron chi connectivity index (χ2n) is 8.92. The minimum absolute atomic E-state index is 0.0141. The predicted octanol–water partition coefficient (Wildman–Crippen LogP) is 5.69. The average Bonchev–Trinajstić information content (AvgIpc) is 3.43. The molecule has 5 nitrogen and oxygen atoms in total. The molecule has 2 heterocycles. The van der Waals surface area contributed by atoms with Crippen molar-refractivity contribution in [3.8, 4) is 16.9 Å². The summed E-state index contributed by atoms with van der Waals surface area (Å²) in [5, 5.41) is 8.76. The van der Waals surface area contributed by atoms with Gasteiger partial charge in [0.1, 0.15) is 0 Å². The van der Waals surface area contributed by atoms with Crippen molar-refractivity contribution < 1.29 is 4.79 Å². The van der Waals surface area contributed by atoms with E-state index in [1.165, 1.54) is 18.4 Å². The van der Waals surface area contributed by atoms with E-state index in [0.29, 0.717) is 5.56 Å². The van der Waals surface area contributed by atoms with Crippen LogP contribution in [0.15, 0.2) is 54.7 Å². The van der Waals surface area contributed by atoms with Crippen LogP contribution in [-0.2, 0) is 0 Å². The number of aromatic nitrogens is 3. The molecule has 1 aliphatic rings. The van der Waals surface area contributed by atoms with Crippen LogP contribution in [0.1, 0.15) is 52.9 Å². The molecule has 4 aromatic rings. The molecule has 2 aromatic carbocycles. The third-order valence-corrected chi connectivity index (χ3v) is 6.46. The van der Waals surface area contributed by atoms with Crippen LogP contribution in [0.2, 0.25) is 0 Å². The molecule has 1 N–H and O–H groups in total. The number of fused-ring (bicyclic) bond motifs is 1. The van der Waals surface area contributed by atoms with Crippen LogP contribution in [0.4, 0.5) is 0 Å². The SMILES string of the molecule is Cc1ccc(-n2ncc(-c3cc(C(=O)NC4CCCC4)c4cc(C)ccc4n3)c2C)cc1. The molecule has 1 amide bonds. The number of nitrogens with one attached hydrogen (secondary N) is 1. The maximum absolute atomic E-state index is 13.3. The molecular weight excluding hydrogens is 396 g/mol. The zero-order valence-corrected chi connectivity index (χ0v) is 18.9. The van der Waals surface area contributed by atoms with Gasteiger partial charge in [0, 0.05) is 17.0 Å². The van der Waals surface area contributed by atoms with E-state index in [2.05, 4.69) is 47.7 Å². The fraction of sp³-hybridized carbons (Fsp3) is 0.296. The second-order valence-corrected chi connectivity index (χ2v) is 8.92. The summed E-state index contributed by atoms with van der Waals surface area (Å²) in [6, 6.07) is 16.6. The highest BCUT2D eigenvalue weighted by atomic mass is 16.1. The van der Waals surface area contributed by atoms with Gasteiger partial charge in [-0.25, -0.2) is 9.67 Å². The first-order valence-corrected chi connectivity index (χ1v) is 11.3. The summed E-state index contributed by atoms with van der Waals surface area (Å²) in [7, 11) is 0. The Balaban J connectivity index is 1.60. The van der Waals surface area contributed by atoms with Crippen LogP contribution in [0.5, 0.6) is 0 Å². The Hall–Kier alpha value is -3.47. The first kappa shape index (κ1) is 20.4. The predicted molar refractivity (Wildman–Crippen MR) is 128 cm³/mol. The lowest BCUT2D eigenvalue weighted by molar-refractivity contribution is 0.0939. The van der Waals surface area contributed by atoms with Crippen molar-refractivity contribution in [2.75, 3.05) is 0 Å². The lowest BCUT2D eigenvalue weighted by Gasteiger charge is -2.15. The minimum atomic E-state index is -0.0141. The first-order valence-electron chi connectivity index (χ1n) is 11.3. The second kappa shape index (κ2) is 8.23. The molecule has 0 bridgehead atoms. The largest absolute Gasteiger partial charge is 0.349 e. The molecule has 162 valence electrons. The molecule has 0 aliphatic heterocycles. The molecule has 0 saturated heterocycles. The van der Waals surface area contributed by atoms with Crippen molar-refractivity contribution in [2.45, 2.75) is 52.5 Å². The Labute approximate surface area is 188 Å². The maximum atomic E-state index is 13.3. The monoisotopic (exact) mass is 424 g/mol. The number of carbonyl (C=O) groups excluding carboxylic acids is 1. The van der Waals surface area contributed by atoms with Gasteiger partial charge >= 0.3 is 0 Å². The lowest BCUT2D eigenvalue weighted by Crippen LogP contribution is -2.32. The van der Waals surface area contributed by atoms with E-state index >= 15 is 0 Å². The van der Waals surface area contributed by atoms with Crippen LogP contribution in [-0.4, -0.2) is 26.7 Å². The highest BCUT2D eigenvalue weighted by Gasteiger charge is 2.21. The van der Waals surface area contributed by atoms with E-state index in [0.717, 1.165) is 51.9 Å². The zero-order chi connectivity index (χ0) is 22.2. The molecule has 2 aromatic heterocycles. The summed E-state index contributed by atoms with van der Waals surface area (Å²) in [5.74, 6) is -0.0141. The molecule has 0 radical (unpaired) electrons. The van der Waals surface area contributed by atoms with Gasteiger partial charge in [-0.1, -0.05) is 42.2 Å². The van der Waals surface area contributed by atoms with Crippen molar-refractivity contribution in [2.24, 2.45) is 0 Å². The van der Waals surface area contributed by atoms with Crippen molar-refractivity contribution in [1.29, 1.82) is 0 Å². The van der Waals surface area contributed by atoms with Gasteiger partial charge in [0.25, 0.3) is 5.91 Å². The number of pyridine rings is 1. The number of hydrogen-bond donors (Lipinski definition) is 1. The van der Waals surface area contributed by atoms with Gasteiger partial charge in [0.05, 0.1) is 34.4 Å². The van der Waals surface area contributed by atoms with Crippen LogP contribution in [0.25, 0.3) is 27.8 Å². The highest BCUT2D eigenvalue weighted by Crippen LogP contribution is 2.29. The molecular formula is C27H28N4O. The fourth-order valence-electron chi connectivity index (χ4n) is 4.61. The van der Waals surface area contributed by atoms with E-state index in [9.17, 15) is 4.79 Å². The highest BCUT2D eigenvalue weighted by molar-refractivity contribution is 6.07. The molecule has 1 aliphatic carbocycles. The average molecular weight is 425 g/mol. The molecule has 5 rings (SSSR count). The normalized spacial score (nSPS) is 14.2. The number of nitrogens with zero attached hydrogens (tertiary/aromatic N) is 3. The number of amides is 1. The van der Waals surface area contributed by atoms with Gasteiger partial charge in [-0.15, -0.1) is 0 Å². The summed E-state index contributed by atoms with van der Waals surface area (Å²) in [4.78, 5) is 18.2. The first-order chi connectivity index (χ1) is 15.5.